The Bertz CT molecular complexity index is 879. The Balaban J connectivity index is 2.62. The SMILES string of the molecule is Cn1nc(C(F)F)c(C(N)=O)c1-c1ccccc1OC(F)(F)C(F)C(F)(F)F. The summed E-state index contributed by atoms with van der Waals surface area (Å²) >= 11 is 0. The number of amides is 1. The molecule has 5 nitrogen and oxygen atoms in total. The van der Waals surface area contributed by atoms with E-state index in [0.29, 0.717) is 4.68 Å². The van der Waals surface area contributed by atoms with Crippen molar-refractivity contribution in [1.29, 1.82) is 0 Å². The third-order valence-corrected chi connectivity index (χ3v) is 3.50. The second kappa shape index (κ2) is 7.28. The van der Waals surface area contributed by atoms with E-state index in [-0.39, 0.29) is 0 Å². The number of halogens is 8. The van der Waals surface area contributed by atoms with Crippen LogP contribution < -0.4 is 10.5 Å². The molecule has 1 heterocycles. The third kappa shape index (κ3) is 4.02. The highest BCUT2D eigenvalue weighted by molar-refractivity contribution is 6.01. The van der Waals surface area contributed by atoms with Crippen molar-refractivity contribution in [3.05, 3.63) is 35.5 Å². The zero-order valence-electron chi connectivity index (χ0n) is 13.8. The minimum atomic E-state index is -5.92. The van der Waals surface area contributed by atoms with Gasteiger partial charge in [0, 0.05) is 12.6 Å². The van der Waals surface area contributed by atoms with Gasteiger partial charge in [0.15, 0.2) is 0 Å². The standard InChI is InChI=1S/C15H11F8N3O2/c1-26-10(8(12(24)27)9(25-26)11(16)17)6-4-2-3-5-7(6)28-15(22,23)13(18)14(19,20)21/h2-5,11,13H,1H3,(H2,24,27). The van der Waals surface area contributed by atoms with Crippen LogP contribution >= 0.6 is 0 Å². The van der Waals surface area contributed by atoms with Gasteiger partial charge in [-0.25, -0.2) is 13.2 Å². The second-order valence-corrected chi connectivity index (χ2v) is 5.46. The smallest absolute Gasteiger partial charge is 0.429 e. The van der Waals surface area contributed by atoms with E-state index in [4.69, 9.17) is 5.73 Å². The topological polar surface area (TPSA) is 70.1 Å². The molecule has 13 heteroatoms. The van der Waals surface area contributed by atoms with Crippen LogP contribution in [0.3, 0.4) is 0 Å². The fraction of sp³-hybridized carbons (Fsp3) is 0.333. The number of aryl methyl sites for hydroxylation is 1. The summed E-state index contributed by atoms with van der Waals surface area (Å²) in [4.78, 5) is 11.6. The lowest BCUT2D eigenvalue weighted by atomic mass is 10.0. The predicted molar refractivity (Wildman–Crippen MR) is 78.6 cm³/mol. The molecule has 28 heavy (non-hydrogen) atoms. The fourth-order valence-electron chi connectivity index (χ4n) is 2.39. The maximum absolute atomic E-state index is 13.6. The van der Waals surface area contributed by atoms with Gasteiger partial charge in [-0.2, -0.15) is 27.1 Å². The Morgan fingerprint density at radius 1 is 1.14 bits per heavy atom. The molecule has 2 N–H and O–H groups in total. The summed E-state index contributed by atoms with van der Waals surface area (Å²) in [6, 6.07) is 3.97. The molecule has 1 atom stereocenters. The molecule has 0 spiro atoms. The molecule has 0 aliphatic heterocycles. The highest BCUT2D eigenvalue weighted by Gasteiger charge is 2.59. The molecule has 0 saturated carbocycles. The normalized spacial score (nSPS) is 13.6. The molecule has 1 unspecified atom stereocenters. The van der Waals surface area contributed by atoms with Crippen LogP contribution in [0.2, 0.25) is 0 Å². The molecule has 1 aromatic carbocycles. The fourth-order valence-corrected chi connectivity index (χ4v) is 2.39. The highest BCUT2D eigenvalue weighted by atomic mass is 19.4. The van der Waals surface area contributed by atoms with Crippen molar-refractivity contribution >= 4 is 5.91 Å². The number of carbonyl (C=O) groups is 1. The average Bonchev–Trinajstić information content (AvgIpc) is 2.91. The van der Waals surface area contributed by atoms with Crippen molar-refractivity contribution in [2.75, 3.05) is 0 Å². The molecule has 2 rings (SSSR count). The van der Waals surface area contributed by atoms with Crippen molar-refractivity contribution in [1.82, 2.24) is 9.78 Å². The van der Waals surface area contributed by atoms with Crippen LogP contribution in [-0.2, 0) is 7.05 Å². The van der Waals surface area contributed by atoms with Gasteiger partial charge in [-0.3, -0.25) is 9.48 Å². The highest BCUT2D eigenvalue weighted by Crippen LogP contribution is 2.41. The number of rotatable bonds is 6. The first-order valence-corrected chi connectivity index (χ1v) is 7.29. The number of ether oxygens (including phenoxy) is 1. The zero-order valence-corrected chi connectivity index (χ0v) is 13.8. The van der Waals surface area contributed by atoms with Gasteiger partial charge in [-0.15, -0.1) is 0 Å². The summed E-state index contributed by atoms with van der Waals surface area (Å²) in [5, 5.41) is 3.39. The molecule has 0 aliphatic carbocycles. The van der Waals surface area contributed by atoms with Crippen LogP contribution in [0.15, 0.2) is 24.3 Å². The minimum Gasteiger partial charge on any atom is -0.429 e. The number of carbonyl (C=O) groups excluding carboxylic acids is 1. The number of hydrogen-bond acceptors (Lipinski definition) is 3. The molecule has 0 aliphatic rings. The van der Waals surface area contributed by atoms with Gasteiger partial charge in [0.2, 0.25) is 0 Å². The van der Waals surface area contributed by atoms with Crippen molar-refractivity contribution < 1.29 is 44.7 Å². The number of alkyl halides is 8. The van der Waals surface area contributed by atoms with E-state index in [1.54, 1.807) is 0 Å². The van der Waals surface area contributed by atoms with Gasteiger partial charge >= 0.3 is 12.3 Å². The van der Waals surface area contributed by atoms with E-state index in [1.165, 1.54) is 6.07 Å². The summed E-state index contributed by atoms with van der Waals surface area (Å²) in [5.41, 5.74) is 2.12. The largest absolute Gasteiger partial charge is 0.439 e. The molecule has 0 fully saturated rings. The maximum atomic E-state index is 13.6. The molecule has 0 radical (unpaired) electrons. The van der Waals surface area contributed by atoms with E-state index >= 15 is 0 Å². The zero-order chi connectivity index (χ0) is 21.4. The number of benzene rings is 1. The Labute approximate surface area is 151 Å². The molecule has 0 saturated heterocycles. The van der Waals surface area contributed by atoms with Crippen LogP contribution in [-0.4, -0.2) is 34.1 Å². The van der Waals surface area contributed by atoms with Gasteiger partial charge in [0.25, 0.3) is 18.5 Å². The number of para-hydroxylation sites is 1. The molecule has 0 bridgehead atoms. The molecule has 1 aromatic heterocycles. The Morgan fingerprint density at radius 3 is 2.21 bits per heavy atom. The van der Waals surface area contributed by atoms with Crippen molar-refractivity contribution in [2.24, 2.45) is 12.8 Å². The first-order chi connectivity index (χ1) is 12.8. The summed E-state index contributed by atoms with van der Waals surface area (Å²) in [7, 11) is 1.07. The Kier molecular flexibility index (Phi) is 5.57. The Hall–Kier alpha value is -2.86. The lowest BCUT2D eigenvalue weighted by Gasteiger charge is -2.24. The molecule has 1 amide bonds. The predicted octanol–water partition coefficient (Wildman–Crippen LogP) is 4.00. The van der Waals surface area contributed by atoms with Crippen LogP contribution in [0.4, 0.5) is 35.1 Å². The van der Waals surface area contributed by atoms with E-state index < -0.39 is 59.1 Å². The number of nitrogens with zero attached hydrogens (tertiary/aromatic N) is 2. The molecular weight excluding hydrogens is 406 g/mol. The molecule has 2 aromatic rings. The Morgan fingerprint density at radius 2 is 1.71 bits per heavy atom. The first-order valence-electron chi connectivity index (χ1n) is 7.29. The lowest BCUT2D eigenvalue weighted by Crippen LogP contribution is -2.45. The molecular formula is C15H11F8N3O2. The number of primary amides is 1. The van der Waals surface area contributed by atoms with Crippen LogP contribution in [0.1, 0.15) is 22.5 Å². The van der Waals surface area contributed by atoms with Gasteiger partial charge < -0.3 is 10.5 Å². The van der Waals surface area contributed by atoms with Crippen LogP contribution in [0.5, 0.6) is 5.75 Å². The maximum Gasteiger partial charge on any atom is 0.439 e. The monoisotopic (exact) mass is 417 g/mol. The molecule has 154 valence electrons. The quantitative estimate of drug-likeness (QED) is 0.723. The second-order valence-electron chi connectivity index (χ2n) is 5.46. The summed E-state index contributed by atoms with van der Waals surface area (Å²) in [6.07, 6.45) is -19.2. The summed E-state index contributed by atoms with van der Waals surface area (Å²) in [5.74, 6) is -2.40. The average molecular weight is 417 g/mol. The van der Waals surface area contributed by atoms with Crippen molar-refractivity contribution in [2.45, 2.75) is 24.9 Å². The van der Waals surface area contributed by atoms with Crippen molar-refractivity contribution in [3.63, 3.8) is 0 Å². The number of nitrogens with two attached hydrogens (primary N) is 1. The van der Waals surface area contributed by atoms with E-state index in [9.17, 15) is 39.9 Å². The third-order valence-electron chi connectivity index (χ3n) is 3.50. The van der Waals surface area contributed by atoms with E-state index in [1.807, 2.05) is 0 Å². The number of aromatic nitrogens is 2. The lowest BCUT2D eigenvalue weighted by molar-refractivity contribution is -0.304. The summed E-state index contributed by atoms with van der Waals surface area (Å²) < 4.78 is 108. The van der Waals surface area contributed by atoms with Gasteiger partial charge in [0.05, 0.1) is 11.3 Å². The van der Waals surface area contributed by atoms with Gasteiger partial charge in [-0.1, -0.05) is 12.1 Å². The van der Waals surface area contributed by atoms with Crippen LogP contribution in [0.25, 0.3) is 11.3 Å². The van der Waals surface area contributed by atoms with Crippen molar-refractivity contribution in [3.8, 4) is 17.0 Å². The van der Waals surface area contributed by atoms with Crippen LogP contribution in [0, 0.1) is 0 Å². The van der Waals surface area contributed by atoms with Gasteiger partial charge in [0.1, 0.15) is 11.4 Å². The van der Waals surface area contributed by atoms with E-state index in [0.717, 1.165) is 25.2 Å². The summed E-state index contributed by atoms with van der Waals surface area (Å²) in [6.45, 7) is 0. The number of hydrogen-bond donors (Lipinski definition) is 1. The van der Waals surface area contributed by atoms with E-state index in [2.05, 4.69) is 9.84 Å². The minimum absolute atomic E-state index is 0.517. The van der Waals surface area contributed by atoms with Gasteiger partial charge in [-0.05, 0) is 12.1 Å². The first kappa shape index (κ1) is 21.4.